The van der Waals surface area contributed by atoms with Gasteiger partial charge in [0.25, 0.3) is 6.17 Å². The molecule has 0 saturated carbocycles. The van der Waals surface area contributed by atoms with Gasteiger partial charge >= 0.3 is 11.4 Å². The Kier molecular flexibility index (Phi) is 4.20. The van der Waals surface area contributed by atoms with Crippen molar-refractivity contribution >= 4 is 22.7 Å². The molecule has 0 saturated heterocycles. The third-order valence-corrected chi connectivity index (χ3v) is 4.04. The minimum Gasteiger partial charge on any atom is -0.357 e. The molecule has 1 heterocycles. The first-order valence-electron chi connectivity index (χ1n) is 5.93. The van der Waals surface area contributed by atoms with E-state index in [-0.39, 0.29) is 11.1 Å². The number of aromatic amines is 1. The van der Waals surface area contributed by atoms with Crippen LogP contribution in [0.5, 0.6) is 0 Å². The molecule has 1 aromatic heterocycles. The highest BCUT2D eigenvalue weighted by Gasteiger charge is 2.57. The highest BCUT2D eigenvalue weighted by molar-refractivity contribution is 8.00. The normalized spacial score (nSPS) is 14.3. The van der Waals surface area contributed by atoms with E-state index < -0.39 is 39.7 Å². The highest BCUT2D eigenvalue weighted by atomic mass is 32.2. The van der Waals surface area contributed by atoms with Crippen molar-refractivity contribution in [1.82, 2.24) is 4.98 Å². The molecule has 22 heavy (non-hydrogen) atoms. The molecule has 120 valence electrons. The number of fused-ring (bicyclic) bond motifs is 1. The third kappa shape index (κ3) is 3.08. The summed E-state index contributed by atoms with van der Waals surface area (Å²) < 4.78 is 76.3. The van der Waals surface area contributed by atoms with Gasteiger partial charge < -0.3 is 4.98 Å². The Morgan fingerprint density at radius 3 is 2.32 bits per heavy atom. The molecule has 1 aromatic carbocycles. The largest absolute Gasteiger partial charge is 0.426 e. The smallest absolute Gasteiger partial charge is 0.357 e. The van der Waals surface area contributed by atoms with Gasteiger partial charge in [-0.1, -0.05) is 12.1 Å². The molecule has 2 aromatic rings. The number of rotatable bonds is 3. The van der Waals surface area contributed by atoms with Crippen LogP contribution in [0.15, 0.2) is 34.0 Å². The maximum atomic E-state index is 13.5. The van der Waals surface area contributed by atoms with Crippen LogP contribution in [0.4, 0.5) is 26.3 Å². The zero-order valence-corrected chi connectivity index (χ0v) is 11.8. The van der Waals surface area contributed by atoms with Crippen LogP contribution in [0.1, 0.15) is 5.69 Å². The van der Waals surface area contributed by atoms with Crippen LogP contribution in [0.3, 0.4) is 0 Å². The Labute approximate surface area is 124 Å². The summed E-state index contributed by atoms with van der Waals surface area (Å²) in [5.74, 6) is 0. The number of halogens is 6. The first kappa shape index (κ1) is 16.7. The van der Waals surface area contributed by atoms with Crippen molar-refractivity contribution in [2.24, 2.45) is 0 Å². The lowest BCUT2D eigenvalue weighted by Crippen LogP contribution is -2.39. The van der Waals surface area contributed by atoms with E-state index >= 15 is 0 Å². The molecule has 1 atom stereocenters. The number of alkyl halides is 6. The third-order valence-electron chi connectivity index (χ3n) is 2.86. The fraction of sp³-hybridized carbons (Fsp3) is 0.308. The lowest BCUT2D eigenvalue weighted by Gasteiger charge is -2.22. The summed E-state index contributed by atoms with van der Waals surface area (Å²) in [6.07, 6.45) is -10.1. The molecule has 0 amide bonds. The summed E-state index contributed by atoms with van der Waals surface area (Å²) in [5, 5.41) is -4.77. The quantitative estimate of drug-likeness (QED) is 0.662. The number of para-hydroxylation sites is 1. The average Bonchev–Trinajstić information content (AvgIpc) is 2.41. The Hall–Kier alpha value is -1.64. The molecule has 1 N–H and O–H groups in total. The average molecular weight is 341 g/mol. The number of nitrogens with one attached hydrogen (secondary N) is 1. The first-order valence-corrected chi connectivity index (χ1v) is 6.75. The van der Waals surface area contributed by atoms with Crippen molar-refractivity contribution in [3.05, 3.63) is 40.2 Å². The van der Waals surface area contributed by atoms with Crippen LogP contribution in [0.25, 0.3) is 10.9 Å². The van der Waals surface area contributed by atoms with Crippen LogP contribution in [0.2, 0.25) is 0 Å². The Morgan fingerprint density at radius 2 is 1.73 bits per heavy atom. The van der Waals surface area contributed by atoms with Crippen LogP contribution in [0, 0.1) is 6.92 Å². The SMILES string of the molecule is Cc1[nH]c2ccccc2c(=O)c1SC(F)(F)[C@H](F)C(F)(F)F. The molecule has 0 radical (unpaired) electrons. The molecule has 9 heteroatoms. The number of aromatic nitrogens is 1. The van der Waals surface area contributed by atoms with Gasteiger partial charge in [-0.25, -0.2) is 4.39 Å². The van der Waals surface area contributed by atoms with Gasteiger partial charge in [-0.3, -0.25) is 4.79 Å². The van der Waals surface area contributed by atoms with Crippen molar-refractivity contribution < 1.29 is 26.3 Å². The van der Waals surface area contributed by atoms with E-state index in [9.17, 15) is 31.1 Å². The summed E-state index contributed by atoms with van der Waals surface area (Å²) >= 11 is -0.723. The number of hydrogen-bond acceptors (Lipinski definition) is 2. The van der Waals surface area contributed by atoms with Crippen molar-refractivity contribution in [3.8, 4) is 0 Å². The summed E-state index contributed by atoms with van der Waals surface area (Å²) in [7, 11) is 0. The first-order chi connectivity index (χ1) is 10.0. The molecule has 0 aliphatic carbocycles. The van der Waals surface area contributed by atoms with E-state index in [1.165, 1.54) is 25.1 Å². The number of aryl methyl sites for hydroxylation is 1. The molecular weight excluding hydrogens is 332 g/mol. The monoisotopic (exact) mass is 341 g/mol. The van der Waals surface area contributed by atoms with Crippen molar-refractivity contribution in [2.75, 3.05) is 0 Å². The van der Waals surface area contributed by atoms with Gasteiger partial charge in [-0.05, 0) is 30.8 Å². The standard InChI is InChI=1S/C13H9F6NOS/c1-6-10(22-13(18,19)11(14)12(15,16)17)9(21)7-4-2-3-5-8(7)20-6/h2-5,11H,1H3,(H,20,21)/t11-/m1/s1. The summed E-state index contributed by atoms with van der Waals surface area (Å²) in [6.45, 7) is 1.26. The maximum absolute atomic E-state index is 13.5. The van der Waals surface area contributed by atoms with Crippen molar-refractivity contribution in [1.29, 1.82) is 0 Å². The van der Waals surface area contributed by atoms with Crippen LogP contribution < -0.4 is 5.43 Å². The predicted octanol–water partition coefficient (Wildman–Crippen LogP) is 4.42. The van der Waals surface area contributed by atoms with E-state index in [4.69, 9.17) is 0 Å². The van der Waals surface area contributed by atoms with Gasteiger partial charge in [0.05, 0.1) is 4.90 Å². The number of benzene rings is 1. The van der Waals surface area contributed by atoms with Crippen LogP contribution in [-0.4, -0.2) is 22.6 Å². The minimum absolute atomic E-state index is 0.0359. The second kappa shape index (κ2) is 5.53. The van der Waals surface area contributed by atoms with E-state index in [1.54, 1.807) is 6.07 Å². The molecule has 0 spiro atoms. The van der Waals surface area contributed by atoms with E-state index in [0.717, 1.165) is 0 Å². The summed E-state index contributed by atoms with van der Waals surface area (Å²) in [4.78, 5) is 14.1. The fourth-order valence-electron chi connectivity index (χ4n) is 1.84. The molecule has 0 bridgehead atoms. The minimum atomic E-state index is -5.71. The molecule has 0 unspecified atom stereocenters. The van der Waals surface area contributed by atoms with Crippen molar-refractivity contribution in [3.63, 3.8) is 0 Å². The predicted molar refractivity (Wildman–Crippen MR) is 71.1 cm³/mol. The topological polar surface area (TPSA) is 32.9 Å². The Morgan fingerprint density at radius 1 is 1.14 bits per heavy atom. The van der Waals surface area contributed by atoms with Crippen LogP contribution >= 0.6 is 11.8 Å². The number of H-pyrrole nitrogens is 1. The van der Waals surface area contributed by atoms with Gasteiger partial charge in [0, 0.05) is 16.6 Å². The molecular formula is C13H9F6NOS. The number of pyridine rings is 1. The summed E-state index contributed by atoms with van der Waals surface area (Å²) in [5.41, 5.74) is -0.570. The van der Waals surface area contributed by atoms with E-state index in [0.29, 0.717) is 5.52 Å². The van der Waals surface area contributed by atoms with E-state index in [1.807, 2.05) is 0 Å². The molecule has 2 rings (SSSR count). The van der Waals surface area contributed by atoms with E-state index in [2.05, 4.69) is 4.98 Å². The fourth-order valence-corrected chi connectivity index (χ4v) is 2.76. The number of hydrogen-bond donors (Lipinski definition) is 1. The Bertz CT molecular complexity index is 754. The van der Waals surface area contributed by atoms with Crippen molar-refractivity contribution in [2.45, 2.75) is 29.4 Å². The molecule has 2 nitrogen and oxygen atoms in total. The van der Waals surface area contributed by atoms with Crippen LogP contribution in [-0.2, 0) is 0 Å². The Balaban J connectivity index is 2.50. The van der Waals surface area contributed by atoms with Gasteiger partial charge in [-0.2, -0.15) is 22.0 Å². The lowest BCUT2D eigenvalue weighted by molar-refractivity contribution is -0.219. The maximum Gasteiger partial charge on any atom is 0.426 e. The summed E-state index contributed by atoms with van der Waals surface area (Å²) in [6, 6.07) is 5.93. The zero-order valence-electron chi connectivity index (χ0n) is 11.0. The highest BCUT2D eigenvalue weighted by Crippen LogP contribution is 2.45. The zero-order chi connectivity index (χ0) is 16.7. The van der Waals surface area contributed by atoms with Gasteiger partial charge in [0.15, 0.2) is 0 Å². The molecule has 0 fully saturated rings. The molecule has 0 aliphatic rings. The number of thioether (sulfide) groups is 1. The second-order valence-corrected chi connectivity index (χ2v) is 5.68. The second-order valence-electron chi connectivity index (χ2n) is 4.52. The molecule has 0 aliphatic heterocycles. The lowest BCUT2D eigenvalue weighted by atomic mass is 10.2. The van der Waals surface area contributed by atoms with Gasteiger partial charge in [-0.15, -0.1) is 0 Å². The van der Waals surface area contributed by atoms with Gasteiger partial charge in [0.1, 0.15) is 0 Å². The van der Waals surface area contributed by atoms with Gasteiger partial charge in [0.2, 0.25) is 5.43 Å².